The first-order valence-electron chi connectivity index (χ1n) is 11.3. The highest BCUT2D eigenvalue weighted by atomic mass is 127. The van der Waals surface area contributed by atoms with Crippen molar-refractivity contribution in [2.45, 2.75) is 38.8 Å². The Kier molecular flexibility index (Phi) is 11.9. The first-order chi connectivity index (χ1) is 15.6. The fourth-order valence-corrected chi connectivity index (χ4v) is 3.72. The molecule has 0 unspecified atom stereocenters. The van der Waals surface area contributed by atoms with Crippen molar-refractivity contribution in [3.63, 3.8) is 0 Å². The van der Waals surface area contributed by atoms with Crippen LogP contribution >= 0.6 is 24.0 Å². The van der Waals surface area contributed by atoms with E-state index >= 15 is 0 Å². The molecule has 184 valence electrons. The molecule has 1 aliphatic heterocycles. The minimum atomic E-state index is 0. The van der Waals surface area contributed by atoms with E-state index in [2.05, 4.69) is 37.9 Å². The van der Waals surface area contributed by atoms with Crippen molar-refractivity contribution in [3.8, 4) is 5.75 Å². The quantitative estimate of drug-likeness (QED) is 0.257. The predicted octanol–water partition coefficient (Wildman–Crippen LogP) is 2.14. The molecular weight excluding hydrogens is 533 g/mol. The summed E-state index contributed by atoms with van der Waals surface area (Å²) in [6, 6.07) is 8.60. The topological polar surface area (TPSA) is 88.8 Å². The van der Waals surface area contributed by atoms with Crippen LogP contribution in [0.5, 0.6) is 5.75 Å². The van der Waals surface area contributed by atoms with Gasteiger partial charge in [-0.2, -0.15) is 0 Å². The van der Waals surface area contributed by atoms with Gasteiger partial charge in [-0.25, -0.2) is 4.99 Å². The Balaban J connectivity index is 0.00000385. The molecular formula is C23H38IN7O2. The lowest BCUT2D eigenvalue weighted by Gasteiger charge is -2.33. The van der Waals surface area contributed by atoms with Crippen molar-refractivity contribution in [2.24, 2.45) is 12.0 Å². The van der Waals surface area contributed by atoms with Gasteiger partial charge in [0.1, 0.15) is 18.1 Å². The van der Waals surface area contributed by atoms with Gasteiger partial charge in [0.2, 0.25) is 0 Å². The molecule has 0 radical (unpaired) electrons. The van der Waals surface area contributed by atoms with E-state index in [4.69, 9.17) is 14.5 Å². The summed E-state index contributed by atoms with van der Waals surface area (Å²) in [7, 11) is 5.42. The number of hydrogen-bond donors (Lipinski definition) is 2. The van der Waals surface area contributed by atoms with E-state index < -0.39 is 0 Å². The van der Waals surface area contributed by atoms with Crippen LogP contribution in [0.4, 0.5) is 0 Å². The van der Waals surface area contributed by atoms with E-state index in [9.17, 15) is 0 Å². The zero-order valence-corrected chi connectivity index (χ0v) is 22.5. The Morgan fingerprint density at radius 3 is 2.48 bits per heavy atom. The molecule has 0 spiro atoms. The highest BCUT2D eigenvalue weighted by Crippen LogP contribution is 2.12. The Labute approximate surface area is 214 Å². The second kappa shape index (κ2) is 14.4. The van der Waals surface area contributed by atoms with Gasteiger partial charge in [-0.1, -0.05) is 12.1 Å². The normalized spacial score (nSPS) is 15.2. The van der Waals surface area contributed by atoms with Gasteiger partial charge in [0.25, 0.3) is 0 Å². The molecule has 10 heteroatoms. The van der Waals surface area contributed by atoms with Gasteiger partial charge in [-0.05, 0) is 43.9 Å². The van der Waals surface area contributed by atoms with Crippen LogP contribution in [-0.4, -0.2) is 78.7 Å². The summed E-state index contributed by atoms with van der Waals surface area (Å²) in [5.74, 6) is 3.45. The van der Waals surface area contributed by atoms with Crippen molar-refractivity contribution in [3.05, 3.63) is 41.5 Å². The zero-order chi connectivity index (χ0) is 22.8. The molecule has 0 aliphatic carbocycles. The molecule has 1 aromatic carbocycles. The van der Waals surface area contributed by atoms with Crippen LogP contribution < -0.4 is 15.4 Å². The maximum absolute atomic E-state index is 5.24. The number of aryl methyl sites for hydroxylation is 1. The number of guanidine groups is 1. The Morgan fingerprint density at radius 1 is 1.15 bits per heavy atom. The van der Waals surface area contributed by atoms with Crippen molar-refractivity contribution >= 4 is 29.9 Å². The van der Waals surface area contributed by atoms with Gasteiger partial charge in [-0.3, -0.25) is 0 Å². The van der Waals surface area contributed by atoms with E-state index in [1.807, 2.05) is 30.7 Å². The summed E-state index contributed by atoms with van der Waals surface area (Å²) in [5.41, 5.74) is 1.26. The molecule has 1 aliphatic rings. The van der Waals surface area contributed by atoms with Gasteiger partial charge < -0.3 is 29.6 Å². The number of benzene rings is 1. The molecule has 33 heavy (non-hydrogen) atoms. The number of aliphatic imine (C=N–C) groups is 1. The van der Waals surface area contributed by atoms with Crippen LogP contribution in [0.3, 0.4) is 0 Å². The largest absolute Gasteiger partial charge is 0.497 e. The minimum Gasteiger partial charge on any atom is -0.497 e. The molecule has 2 aromatic rings. The lowest BCUT2D eigenvalue weighted by Crippen LogP contribution is -2.49. The van der Waals surface area contributed by atoms with Gasteiger partial charge in [-0.15, -0.1) is 34.2 Å². The molecule has 2 N–H and O–H groups in total. The summed E-state index contributed by atoms with van der Waals surface area (Å²) in [6.07, 6.45) is 3.08. The zero-order valence-electron chi connectivity index (χ0n) is 20.2. The van der Waals surface area contributed by atoms with Crippen LogP contribution in [0.2, 0.25) is 0 Å². The molecule has 0 atom stereocenters. The molecule has 0 amide bonds. The van der Waals surface area contributed by atoms with Crippen molar-refractivity contribution < 1.29 is 9.47 Å². The number of hydrogen-bond acceptors (Lipinski definition) is 6. The first-order valence-corrected chi connectivity index (χ1v) is 11.3. The lowest BCUT2D eigenvalue weighted by molar-refractivity contribution is 0.128. The number of ether oxygens (including phenoxy) is 2. The summed E-state index contributed by atoms with van der Waals surface area (Å²) < 4.78 is 12.4. The van der Waals surface area contributed by atoms with Crippen molar-refractivity contribution in [1.82, 2.24) is 30.3 Å². The van der Waals surface area contributed by atoms with Crippen LogP contribution in [0.1, 0.15) is 30.1 Å². The van der Waals surface area contributed by atoms with Gasteiger partial charge in [0.15, 0.2) is 11.8 Å². The number of likely N-dealkylation sites (tertiary alicyclic amines) is 1. The monoisotopic (exact) mass is 571 g/mol. The summed E-state index contributed by atoms with van der Waals surface area (Å²) in [5, 5.41) is 15.5. The number of piperidine rings is 1. The average Bonchev–Trinajstić information content (AvgIpc) is 3.14. The van der Waals surface area contributed by atoms with Crippen molar-refractivity contribution in [1.29, 1.82) is 0 Å². The Hall–Kier alpha value is -1.92. The third-order valence-electron chi connectivity index (χ3n) is 5.97. The molecule has 1 saturated heterocycles. The highest BCUT2D eigenvalue weighted by Gasteiger charge is 2.20. The molecule has 9 nitrogen and oxygen atoms in total. The SMILES string of the molecule is COCCN1CCC(NC(=NCc2nnc(C)n2C)NCCc2ccc(OC)cc2)CC1.I. The fraction of sp³-hybridized carbons (Fsp3) is 0.609. The maximum Gasteiger partial charge on any atom is 0.191 e. The number of nitrogens with one attached hydrogen (secondary N) is 2. The number of halogens is 1. The van der Waals surface area contributed by atoms with Crippen LogP contribution in [-0.2, 0) is 24.8 Å². The van der Waals surface area contributed by atoms with Gasteiger partial charge >= 0.3 is 0 Å². The smallest absolute Gasteiger partial charge is 0.191 e. The standard InChI is InChI=1S/C23H37N7O2.HI/c1-18-27-28-22(29(18)2)17-25-23(24-12-9-19-5-7-21(32-4)8-6-19)26-20-10-13-30(14-11-20)15-16-31-3;/h5-8,20H,9-17H2,1-4H3,(H2,24,25,26);1H. The second-order valence-electron chi connectivity index (χ2n) is 8.17. The molecule has 0 bridgehead atoms. The van der Waals surface area contributed by atoms with E-state index in [1.165, 1.54) is 5.56 Å². The van der Waals surface area contributed by atoms with Crippen LogP contribution in [0.15, 0.2) is 29.3 Å². The predicted molar refractivity (Wildman–Crippen MR) is 141 cm³/mol. The van der Waals surface area contributed by atoms with Gasteiger partial charge in [0.05, 0.1) is 13.7 Å². The summed E-state index contributed by atoms with van der Waals surface area (Å²) in [6.45, 7) is 7.16. The third-order valence-corrected chi connectivity index (χ3v) is 5.97. The first kappa shape index (κ1) is 27.3. The average molecular weight is 572 g/mol. The van der Waals surface area contributed by atoms with Crippen LogP contribution in [0, 0.1) is 6.92 Å². The Bertz CT molecular complexity index is 849. The number of methoxy groups -OCH3 is 2. The summed E-state index contributed by atoms with van der Waals surface area (Å²) in [4.78, 5) is 7.26. The third kappa shape index (κ3) is 8.74. The minimum absolute atomic E-state index is 0. The Morgan fingerprint density at radius 2 is 1.88 bits per heavy atom. The second-order valence-corrected chi connectivity index (χ2v) is 8.17. The lowest BCUT2D eigenvalue weighted by atomic mass is 10.1. The number of aromatic nitrogens is 3. The molecule has 2 heterocycles. The van der Waals surface area contributed by atoms with Gasteiger partial charge in [0, 0.05) is 46.4 Å². The van der Waals surface area contributed by atoms with Crippen LogP contribution in [0.25, 0.3) is 0 Å². The maximum atomic E-state index is 5.24. The molecule has 1 fully saturated rings. The number of nitrogens with zero attached hydrogens (tertiary/aromatic N) is 5. The number of rotatable bonds is 10. The molecule has 0 saturated carbocycles. The van der Waals surface area contributed by atoms with E-state index in [1.54, 1.807) is 14.2 Å². The molecule has 3 rings (SSSR count). The van der Waals surface area contributed by atoms with E-state index in [-0.39, 0.29) is 24.0 Å². The van der Waals surface area contributed by atoms with E-state index in [0.717, 1.165) is 75.4 Å². The van der Waals surface area contributed by atoms with Crippen molar-refractivity contribution in [2.75, 3.05) is 47.0 Å². The fourth-order valence-electron chi connectivity index (χ4n) is 3.72. The van der Waals surface area contributed by atoms with E-state index in [0.29, 0.717) is 12.6 Å². The molecule has 1 aromatic heterocycles. The summed E-state index contributed by atoms with van der Waals surface area (Å²) >= 11 is 0. The highest BCUT2D eigenvalue weighted by molar-refractivity contribution is 14.0.